The Balaban J connectivity index is 2.15. The second-order valence-corrected chi connectivity index (χ2v) is 6.65. The van der Waals surface area contributed by atoms with Crippen molar-refractivity contribution < 1.29 is 4.74 Å². The van der Waals surface area contributed by atoms with Crippen molar-refractivity contribution in [3.8, 4) is 5.75 Å². The summed E-state index contributed by atoms with van der Waals surface area (Å²) >= 11 is 10.1. The van der Waals surface area contributed by atoms with Crippen LogP contribution in [0, 0.1) is 11.3 Å². The molecule has 0 spiro atoms. The minimum absolute atomic E-state index is 0.108. The molecule has 2 atom stereocenters. The van der Waals surface area contributed by atoms with Crippen molar-refractivity contribution in [3.05, 3.63) is 28.2 Å². The molecule has 0 aliphatic heterocycles. The van der Waals surface area contributed by atoms with Crippen LogP contribution in [0.15, 0.2) is 22.7 Å². The molecule has 0 N–H and O–H groups in total. The number of rotatable bonds is 4. The van der Waals surface area contributed by atoms with Crippen LogP contribution in [0.4, 0.5) is 0 Å². The minimum atomic E-state index is 0.108. The van der Waals surface area contributed by atoms with Crippen LogP contribution < -0.4 is 4.74 Å². The van der Waals surface area contributed by atoms with Gasteiger partial charge in [0.05, 0.1) is 16.5 Å². The van der Waals surface area contributed by atoms with Crippen molar-refractivity contribution in [2.75, 3.05) is 6.61 Å². The van der Waals surface area contributed by atoms with Crippen LogP contribution in [0.25, 0.3) is 0 Å². The normalized spacial score (nSPS) is 23.2. The largest absolute Gasteiger partial charge is 0.493 e. The summed E-state index contributed by atoms with van der Waals surface area (Å²) in [5.41, 5.74) is 1.58. The lowest BCUT2D eigenvalue weighted by atomic mass is 10.0. The van der Waals surface area contributed by atoms with Crippen molar-refractivity contribution in [2.24, 2.45) is 11.3 Å². The molecular weight excluding hydrogens is 300 g/mol. The lowest BCUT2D eigenvalue weighted by Crippen LogP contribution is -2.00. The Bertz CT molecular complexity index is 417. The van der Waals surface area contributed by atoms with E-state index in [4.69, 9.17) is 16.3 Å². The Morgan fingerprint density at radius 3 is 2.65 bits per heavy atom. The maximum atomic E-state index is 6.53. The summed E-state index contributed by atoms with van der Waals surface area (Å²) in [4.78, 5) is 0. The monoisotopic (exact) mass is 316 g/mol. The molecule has 0 heterocycles. The molecule has 0 aromatic heterocycles. The quantitative estimate of drug-likeness (QED) is 0.696. The molecule has 1 fully saturated rings. The van der Waals surface area contributed by atoms with Gasteiger partial charge >= 0.3 is 0 Å². The van der Waals surface area contributed by atoms with Gasteiger partial charge in [-0.1, -0.05) is 19.9 Å². The number of alkyl halides is 1. The topological polar surface area (TPSA) is 9.23 Å². The van der Waals surface area contributed by atoms with Crippen LogP contribution >= 0.6 is 27.5 Å². The average molecular weight is 318 g/mol. The molecule has 1 saturated carbocycles. The molecule has 1 aliphatic rings. The molecule has 94 valence electrons. The van der Waals surface area contributed by atoms with Crippen LogP contribution in [-0.4, -0.2) is 6.61 Å². The number of hydrogen-bond acceptors (Lipinski definition) is 1. The van der Waals surface area contributed by atoms with E-state index in [0.29, 0.717) is 17.9 Å². The number of ether oxygens (including phenoxy) is 1. The molecule has 0 radical (unpaired) electrons. The number of halogens is 2. The summed E-state index contributed by atoms with van der Waals surface area (Å²) in [7, 11) is 0. The summed E-state index contributed by atoms with van der Waals surface area (Å²) in [6, 6.07) is 6.15. The fraction of sp³-hybridized carbons (Fsp3) is 0.571. The number of benzene rings is 1. The zero-order valence-corrected chi connectivity index (χ0v) is 12.8. The highest BCUT2D eigenvalue weighted by atomic mass is 79.9. The van der Waals surface area contributed by atoms with Gasteiger partial charge in [-0.25, -0.2) is 0 Å². The molecule has 0 bridgehead atoms. The molecule has 1 aliphatic carbocycles. The third kappa shape index (κ3) is 2.79. The van der Waals surface area contributed by atoms with Gasteiger partial charge in [0.15, 0.2) is 0 Å². The minimum Gasteiger partial charge on any atom is -0.493 e. The highest BCUT2D eigenvalue weighted by molar-refractivity contribution is 9.10. The van der Waals surface area contributed by atoms with E-state index in [1.165, 1.54) is 12.0 Å². The Morgan fingerprint density at radius 1 is 1.53 bits per heavy atom. The van der Waals surface area contributed by atoms with E-state index < -0.39 is 0 Å². The lowest BCUT2D eigenvalue weighted by molar-refractivity contribution is 0.338. The van der Waals surface area contributed by atoms with Crippen molar-refractivity contribution in [2.45, 2.75) is 32.6 Å². The molecule has 1 aromatic carbocycles. The zero-order chi connectivity index (χ0) is 12.6. The molecular formula is C14H18BrClO. The molecule has 1 aromatic rings. The summed E-state index contributed by atoms with van der Waals surface area (Å²) in [6.07, 6.45) is 1.21. The third-order valence-corrected chi connectivity index (χ3v) is 4.69. The Morgan fingerprint density at radius 2 is 2.18 bits per heavy atom. The van der Waals surface area contributed by atoms with Crippen LogP contribution in [-0.2, 0) is 0 Å². The first-order chi connectivity index (χ1) is 7.95. The van der Waals surface area contributed by atoms with E-state index in [1.54, 1.807) is 0 Å². The first-order valence-corrected chi connectivity index (χ1v) is 7.25. The van der Waals surface area contributed by atoms with Gasteiger partial charge in [-0.2, -0.15) is 0 Å². The standard InChI is InChI=1S/C14H18BrClO/c1-4-17-12-6-5-9(7-11(12)15)13(16)10-8-14(10,2)3/h5-7,10,13H,4,8H2,1-3H3. The van der Waals surface area contributed by atoms with Gasteiger partial charge in [0, 0.05) is 0 Å². The SMILES string of the molecule is CCOc1ccc(C(Cl)C2CC2(C)C)cc1Br. The van der Waals surface area contributed by atoms with Gasteiger partial charge < -0.3 is 4.74 Å². The fourth-order valence-electron chi connectivity index (χ4n) is 2.20. The van der Waals surface area contributed by atoms with Gasteiger partial charge in [-0.15, -0.1) is 11.6 Å². The van der Waals surface area contributed by atoms with Crippen LogP contribution in [0.3, 0.4) is 0 Å². The molecule has 2 unspecified atom stereocenters. The Labute approximate surface area is 117 Å². The average Bonchev–Trinajstić information content (AvgIpc) is 2.90. The first kappa shape index (κ1) is 13.2. The highest BCUT2D eigenvalue weighted by Crippen LogP contribution is 2.60. The summed E-state index contributed by atoms with van der Waals surface area (Å²) in [5.74, 6) is 1.48. The summed E-state index contributed by atoms with van der Waals surface area (Å²) in [5, 5.41) is 0.108. The first-order valence-electron chi connectivity index (χ1n) is 6.02. The van der Waals surface area contributed by atoms with E-state index in [2.05, 4.69) is 41.9 Å². The van der Waals surface area contributed by atoms with Crippen molar-refractivity contribution >= 4 is 27.5 Å². The van der Waals surface area contributed by atoms with E-state index in [1.807, 2.05) is 13.0 Å². The highest BCUT2D eigenvalue weighted by Gasteiger charge is 2.49. The molecule has 2 rings (SSSR count). The molecule has 0 amide bonds. The maximum Gasteiger partial charge on any atom is 0.133 e. The van der Waals surface area contributed by atoms with Gasteiger partial charge in [0.1, 0.15) is 5.75 Å². The van der Waals surface area contributed by atoms with Gasteiger partial charge in [-0.3, -0.25) is 0 Å². The van der Waals surface area contributed by atoms with Crippen molar-refractivity contribution in [1.82, 2.24) is 0 Å². The van der Waals surface area contributed by atoms with Gasteiger partial charge in [-0.05, 0) is 58.3 Å². The molecule has 3 heteroatoms. The Hall–Kier alpha value is -0.210. The number of hydrogen-bond donors (Lipinski definition) is 0. The Kier molecular flexibility index (Phi) is 3.74. The predicted octanol–water partition coefficient (Wildman–Crippen LogP) is 5.17. The van der Waals surface area contributed by atoms with E-state index in [9.17, 15) is 0 Å². The smallest absolute Gasteiger partial charge is 0.133 e. The van der Waals surface area contributed by atoms with E-state index >= 15 is 0 Å². The van der Waals surface area contributed by atoms with Crippen LogP contribution in [0.1, 0.15) is 38.1 Å². The molecule has 1 nitrogen and oxygen atoms in total. The lowest BCUT2D eigenvalue weighted by Gasteiger charge is -2.14. The summed E-state index contributed by atoms with van der Waals surface area (Å²) < 4.78 is 6.49. The van der Waals surface area contributed by atoms with E-state index in [-0.39, 0.29) is 5.38 Å². The van der Waals surface area contributed by atoms with Crippen LogP contribution in [0.5, 0.6) is 5.75 Å². The van der Waals surface area contributed by atoms with Crippen LogP contribution in [0.2, 0.25) is 0 Å². The fourth-order valence-corrected chi connectivity index (χ4v) is 3.28. The molecule has 17 heavy (non-hydrogen) atoms. The van der Waals surface area contributed by atoms with Crippen molar-refractivity contribution in [1.29, 1.82) is 0 Å². The second-order valence-electron chi connectivity index (χ2n) is 5.32. The van der Waals surface area contributed by atoms with Gasteiger partial charge in [0.25, 0.3) is 0 Å². The predicted molar refractivity (Wildman–Crippen MR) is 75.8 cm³/mol. The second kappa shape index (κ2) is 4.81. The molecule has 0 saturated heterocycles. The summed E-state index contributed by atoms with van der Waals surface area (Å²) in [6.45, 7) is 7.21. The van der Waals surface area contributed by atoms with Crippen molar-refractivity contribution in [3.63, 3.8) is 0 Å². The maximum absolute atomic E-state index is 6.53. The van der Waals surface area contributed by atoms with Gasteiger partial charge in [0.2, 0.25) is 0 Å². The van der Waals surface area contributed by atoms with E-state index in [0.717, 1.165) is 10.2 Å². The third-order valence-electron chi connectivity index (χ3n) is 3.52. The zero-order valence-electron chi connectivity index (χ0n) is 10.5.